The standard InChI is InChI=1S/C12H10N4OS/c1-2-8-14-10-9(7-5-3-4-6-13-7)16-18-11(10)12(17)15-8/h3-6H,2H2,1H3,(H,14,15,17). The van der Waals surface area contributed by atoms with E-state index in [4.69, 9.17) is 0 Å². The topological polar surface area (TPSA) is 71.5 Å². The largest absolute Gasteiger partial charge is 0.309 e. The molecule has 5 nitrogen and oxygen atoms in total. The fourth-order valence-corrected chi connectivity index (χ4v) is 2.45. The Morgan fingerprint density at radius 2 is 2.28 bits per heavy atom. The summed E-state index contributed by atoms with van der Waals surface area (Å²) >= 11 is 1.16. The summed E-state index contributed by atoms with van der Waals surface area (Å²) in [4.78, 5) is 23.3. The van der Waals surface area contributed by atoms with Gasteiger partial charge < -0.3 is 4.98 Å². The van der Waals surface area contributed by atoms with Crippen molar-refractivity contribution >= 4 is 21.7 Å². The van der Waals surface area contributed by atoms with Crippen LogP contribution in [0.1, 0.15) is 12.7 Å². The van der Waals surface area contributed by atoms with Crippen LogP contribution in [0.25, 0.3) is 21.6 Å². The molecular weight excluding hydrogens is 248 g/mol. The molecule has 6 heteroatoms. The van der Waals surface area contributed by atoms with Crippen LogP contribution in [0.2, 0.25) is 0 Å². The maximum absolute atomic E-state index is 11.9. The zero-order chi connectivity index (χ0) is 12.5. The predicted octanol–water partition coefficient (Wildman–Crippen LogP) is 2.00. The molecule has 0 amide bonds. The molecule has 3 aromatic heterocycles. The van der Waals surface area contributed by atoms with Crippen LogP contribution in [0.3, 0.4) is 0 Å². The smallest absolute Gasteiger partial charge is 0.270 e. The van der Waals surface area contributed by atoms with E-state index >= 15 is 0 Å². The van der Waals surface area contributed by atoms with E-state index < -0.39 is 0 Å². The number of nitrogens with one attached hydrogen (secondary N) is 1. The molecule has 0 spiro atoms. The van der Waals surface area contributed by atoms with Crippen molar-refractivity contribution in [2.24, 2.45) is 0 Å². The molecule has 90 valence electrons. The lowest BCUT2D eigenvalue weighted by atomic mass is 10.2. The second kappa shape index (κ2) is 4.30. The molecular formula is C12H10N4OS. The molecule has 0 radical (unpaired) electrons. The second-order valence-electron chi connectivity index (χ2n) is 3.79. The van der Waals surface area contributed by atoms with Gasteiger partial charge in [0, 0.05) is 12.6 Å². The SMILES string of the molecule is CCc1nc2c(-c3ccccn3)nsc2c(=O)[nH]1. The minimum atomic E-state index is -0.128. The molecule has 1 N–H and O–H groups in total. The molecule has 0 saturated carbocycles. The second-order valence-corrected chi connectivity index (χ2v) is 4.56. The highest BCUT2D eigenvalue weighted by atomic mass is 32.1. The van der Waals surface area contributed by atoms with Gasteiger partial charge in [-0.15, -0.1) is 0 Å². The maximum Gasteiger partial charge on any atom is 0.270 e. The average Bonchev–Trinajstić information content (AvgIpc) is 2.84. The molecule has 3 rings (SSSR count). The number of pyridine rings is 1. The van der Waals surface area contributed by atoms with Gasteiger partial charge in [0.1, 0.15) is 21.7 Å². The highest BCUT2D eigenvalue weighted by molar-refractivity contribution is 7.13. The molecule has 0 aliphatic heterocycles. The summed E-state index contributed by atoms with van der Waals surface area (Å²) < 4.78 is 4.85. The molecule has 0 atom stereocenters. The van der Waals surface area contributed by atoms with Crippen molar-refractivity contribution in [3.8, 4) is 11.4 Å². The monoisotopic (exact) mass is 258 g/mol. The van der Waals surface area contributed by atoms with E-state index in [0.717, 1.165) is 17.2 Å². The quantitative estimate of drug-likeness (QED) is 0.763. The number of aromatic amines is 1. The van der Waals surface area contributed by atoms with Crippen LogP contribution in [0.5, 0.6) is 0 Å². The minimum absolute atomic E-state index is 0.128. The molecule has 0 aliphatic carbocycles. The number of aryl methyl sites for hydroxylation is 1. The Labute approximate surface area is 107 Å². The first kappa shape index (κ1) is 11.0. The number of nitrogens with zero attached hydrogens (tertiary/aromatic N) is 3. The highest BCUT2D eigenvalue weighted by Gasteiger charge is 2.14. The van der Waals surface area contributed by atoms with Crippen LogP contribution in [-0.2, 0) is 6.42 Å². The zero-order valence-corrected chi connectivity index (χ0v) is 10.5. The summed E-state index contributed by atoms with van der Waals surface area (Å²) in [5.74, 6) is 0.671. The van der Waals surface area contributed by atoms with Crippen molar-refractivity contribution in [3.63, 3.8) is 0 Å². The van der Waals surface area contributed by atoms with Crippen molar-refractivity contribution in [1.82, 2.24) is 19.3 Å². The van der Waals surface area contributed by atoms with Gasteiger partial charge in [-0.05, 0) is 23.7 Å². The number of hydrogen-bond acceptors (Lipinski definition) is 5. The van der Waals surface area contributed by atoms with Gasteiger partial charge in [0.15, 0.2) is 0 Å². The number of aromatic nitrogens is 4. The minimum Gasteiger partial charge on any atom is -0.309 e. The van der Waals surface area contributed by atoms with Crippen LogP contribution >= 0.6 is 11.5 Å². The van der Waals surface area contributed by atoms with Gasteiger partial charge in [0.05, 0.1) is 5.69 Å². The zero-order valence-electron chi connectivity index (χ0n) is 9.67. The van der Waals surface area contributed by atoms with E-state index in [9.17, 15) is 4.79 Å². The van der Waals surface area contributed by atoms with E-state index in [-0.39, 0.29) is 5.56 Å². The van der Waals surface area contributed by atoms with Gasteiger partial charge in [-0.1, -0.05) is 13.0 Å². The van der Waals surface area contributed by atoms with Gasteiger partial charge in [0.2, 0.25) is 0 Å². The van der Waals surface area contributed by atoms with Crippen molar-refractivity contribution in [2.45, 2.75) is 13.3 Å². The molecule has 0 aliphatic rings. The van der Waals surface area contributed by atoms with Crippen LogP contribution < -0.4 is 5.56 Å². The summed E-state index contributed by atoms with van der Waals surface area (Å²) in [7, 11) is 0. The Hall–Kier alpha value is -2.08. The Morgan fingerprint density at radius 3 is 3.00 bits per heavy atom. The summed E-state index contributed by atoms with van der Waals surface area (Å²) in [6.07, 6.45) is 2.39. The lowest BCUT2D eigenvalue weighted by Crippen LogP contribution is -2.09. The Morgan fingerprint density at radius 1 is 1.39 bits per heavy atom. The van der Waals surface area contributed by atoms with Gasteiger partial charge >= 0.3 is 0 Å². The normalized spacial score (nSPS) is 10.9. The Kier molecular flexibility index (Phi) is 2.64. The lowest BCUT2D eigenvalue weighted by molar-refractivity contribution is 0.946. The summed E-state index contributed by atoms with van der Waals surface area (Å²) in [6, 6.07) is 5.60. The molecule has 0 saturated heterocycles. The van der Waals surface area contributed by atoms with Crippen molar-refractivity contribution in [1.29, 1.82) is 0 Å². The number of hydrogen-bond donors (Lipinski definition) is 1. The lowest BCUT2D eigenvalue weighted by Gasteiger charge is -1.98. The van der Waals surface area contributed by atoms with E-state index in [1.807, 2.05) is 25.1 Å². The Bertz CT molecular complexity index is 748. The predicted molar refractivity (Wildman–Crippen MR) is 70.6 cm³/mol. The fraction of sp³-hybridized carbons (Fsp3) is 0.167. The molecule has 3 aromatic rings. The number of rotatable bonds is 2. The third kappa shape index (κ3) is 1.70. The number of fused-ring (bicyclic) bond motifs is 1. The third-order valence-electron chi connectivity index (χ3n) is 2.62. The first-order valence-corrected chi connectivity index (χ1v) is 6.37. The highest BCUT2D eigenvalue weighted by Crippen LogP contribution is 2.25. The van der Waals surface area contributed by atoms with E-state index in [0.29, 0.717) is 28.2 Å². The van der Waals surface area contributed by atoms with Crippen molar-refractivity contribution < 1.29 is 0 Å². The number of H-pyrrole nitrogens is 1. The van der Waals surface area contributed by atoms with Crippen LogP contribution in [0.4, 0.5) is 0 Å². The maximum atomic E-state index is 11.9. The third-order valence-corrected chi connectivity index (χ3v) is 3.46. The molecule has 18 heavy (non-hydrogen) atoms. The van der Waals surface area contributed by atoms with Crippen molar-refractivity contribution in [3.05, 3.63) is 40.6 Å². The average molecular weight is 258 g/mol. The molecule has 0 fully saturated rings. The van der Waals surface area contributed by atoms with Gasteiger partial charge in [-0.3, -0.25) is 9.78 Å². The first-order chi connectivity index (χ1) is 8.79. The Balaban J connectivity index is 2.32. The molecule has 3 heterocycles. The van der Waals surface area contributed by atoms with Crippen LogP contribution in [0.15, 0.2) is 29.2 Å². The molecule has 0 unspecified atom stereocenters. The summed E-state index contributed by atoms with van der Waals surface area (Å²) in [5.41, 5.74) is 1.93. The van der Waals surface area contributed by atoms with Crippen LogP contribution in [0, 0.1) is 0 Å². The van der Waals surface area contributed by atoms with E-state index in [1.165, 1.54) is 0 Å². The van der Waals surface area contributed by atoms with Crippen LogP contribution in [-0.4, -0.2) is 19.3 Å². The van der Waals surface area contributed by atoms with E-state index in [1.54, 1.807) is 6.20 Å². The van der Waals surface area contributed by atoms with Gasteiger partial charge in [0.25, 0.3) is 5.56 Å². The van der Waals surface area contributed by atoms with Gasteiger partial charge in [-0.2, -0.15) is 4.37 Å². The molecule has 0 aromatic carbocycles. The molecule has 0 bridgehead atoms. The van der Waals surface area contributed by atoms with Crippen molar-refractivity contribution in [2.75, 3.05) is 0 Å². The van der Waals surface area contributed by atoms with Gasteiger partial charge in [-0.25, -0.2) is 4.98 Å². The van der Waals surface area contributed by atoms with E-state index in [2.05, 4.69) is 19.3 Å². The first-order valence-electron chi connectivity index (χ1n) is 5.59. The summed E-state index contributed by atoms with van der Waals surface area (Å²) in [6.45, 7) is 1.95. The summed E-state index contributed by atoms with van der Waals surface area (Å²) in [5, 5.41) is 0. The fourth-order valence-electron chi connectivity index (χ4n) is 1.73.